The molecular weight excluding hydrogens is 218 g/mol. The summed E-state index contributed by atoms with van der Waals surface area (Å²) in [6, 6.07) is 12.2. The van der Waals surface area contributed by atoms with Crippen molar-refractivity contribution in [3.05, 3.63) is 52.2 Å². The standard InChI is InChI=1S/C13H15NOS/c1-10-4-2-5-11(8-10)14-12(9-15)13-6-3-7-16-13/h2-8,12,14-15H,9H2,1H3. The molecule has 0 radical (unpaired) electrons. The lowest BCUT2D eigenvalue weighted by Gasteiger charge is -2.16. The number of thiophene rings is 1. The van der Waals surface area contributed by atoms with E-state index in [1.54, 1.807) is 11.3 Å². The predicted octanol–water partition coefficient (Wildman–Crippen LogP) is 3.20. The van der Waals surface area contributed by atoms with E-state index in [1.165, 1.54) is 5.56 Å². The van der Waals surface area contributed by atoms with Crippen LogP contribution in [-0.4, -0.2) is 11.7 Å². The summed E-state index contributed by atoms with van der Waals surface area (Å²) in [5.74, 6) is 0. The van der Waals surface area contributed by atoms with Gasteiger partial charge in [0.2, 0.25) is 0 Å². The lowest BCUT2D eigenvalue weighted by molar-refractivity contribution is 0.278. The monoisotopic (exact) mass is 233 g/mol. The molecule has 84 valence electrons. The van der Waals surface area contributed by atoms with E-state index in [1.807, 2.05) is 29.6 Å². The Kier molecular flexibility index (Phi) is 3.59. The largest absolute Gasteiger partial charge is 0.394 e. The van der Waals surface area contributed by atoms with Gasteiger partial charge in [-0.05, 0) is 36.1 Å². The number of hydrogen-bond acceptors (Lipinski definition) is 3. The van der Waals surface area contributed by atoms with Gasteiger partial charge in [0.1, 0.15) is 0 Å². The van der Waals surface area contributed by atoms with E-state index in [0.29, 0.717) is 0 Å². The maximum Gasteiger partial charge on any atom is 0.0837 e. The summed E-state index contributed by atoms with van der Waals surface area (Å²) < 4.78 is 0. The SMILES string of the molecule is Cc1cccc(NC(CO)c2cccs2)c1. The van der Waals surface area contributed by atoms with Gasteiger partial charge in [-0.1, -0.05) is 18.2 Å². The molecule has 0 spiro atoms. The molecule has 3 heteroatoms. The van der Waals surface area contributed by atoms with Gasteiger partial charge in [-0.3, -0.25) is 0 Å². The van der Waals surface area contributed by atoms with Crippen molar-refractivity contribution in [1.82, 2.24) is 0 Å². The van der Waals surface area contributed by atoms with Gasteiger partial charge in [0, 0.05) is 10.6 Å². The third kappa shape index (κ3) is 2.62. The first-order valence-electron chi connectivity index (χ1n) is 5.27. The Morgan fingerprint density at radius 3 is 2.81 bits per heavy atom. The first kappa shape index (κ1) is 11.2. The first-order chi connectivity index (χ1) is 7.79. The van der Waals surface area contributed by atoms with E-state index < -0.39 is 0 Å². The zero-order valence-corrected chi connectivity index (χ0v) is 10.00. The van der Waals surface area contributed by atoms with E-state index in [0.717, 1.165) is 10.6 Å². The van der Waals surface area contributed by atoms with Gasteiger partial charge in [0.25, 0.3) is 0 Å². The van der Waals surface area contributed by atoms with Gasteiger partial charge >= 0.3 is 0 Å². The molecule has 0 saturated heterocycles. The highest BCUT2D eigenvalue weighted by Gasteiger charge is 2.10. The molecule has 0 aliphatic rings. The predicted molar refractivity (Wildman–Crippen MR) is 68.9 cm³/mol. The van der Waals surface area contributed by atoms with Gasteiger partial charge in [-0.15, -0.1) is 11.3 Å². The van der Waals surface area contributed by atoms with Crippen molar-refractivity contribution in [1.29, 1.82) is 0 Å². The van der Waals surface area contributed by atoms with Crippen molar-refractivity contribution in [3.63, 3.8) is 0 Å². The van der Waals surface area contributed by atoms with E-state index in [9.17, 15) is 5.11 Å². The van der Waals surface area contributed by atoms with Crippen LogP contribution in [0.1, 0.15) is 16.5 Å². The molecule has 0 fully saturated rings. The van der Waals surface area contributed by atoms with Crippen LogP contribution in [0.3, 0.4) is 0 Å². The summed E-state index contributed by atoms with van der Waals surface area (Å²) in [5, 5.41) is 14.7. The molecular formula is C13H15NOS. The first-order valence-corrected chi connectivity index (χ1v) is 6.15. The van der Waals surface area contributed by atoms with Crippen LogP contribution >= 0.6 is 11.3 Å². The highest BCUT2D eigenvalue weighted by atomic mass is 32.1. The van der Waals surface area contributed by atoms with Crippen molar-refractivity contribution in [2.45, 2.75) is 13.0 Å². The molecule has 0 aliphatic heterocycles. The Bertz CT molecular complexity index is 439. The van der Waals surface area contributed by atoms with Crippen LogP contribution in [0, 0.1) is 6.92 Å². The minimum atomic E-state index is -0.0122. The second-order valence-corrected chi connectivity index (χ2v) is 4.74. The number of aliphatic hydroxyl groups is 1. The molecule has 2 rings (SSSR count). The molecule has 1 aromatic heterocycles. The fourth-order valence-corrected chi connectivity index (χ4v) is 2.40. The molecule has 0 aliphatic carbocycles. The zero-order chi connectivity index (χ0) is 11.4. The zero-order valence-electron chi connectivity index (χ0n) is 9.18. The molecule has 1 unspecified atom stereocenters. The summed E-state index contributed by atoms with van der Waals surface area (Å²) in [4.78, 5) is 1.16. The summed E-state index contributed by atoms with van der Waals surface area (Å²) in [7, 11) is 0. The van der Waals surface area contributed by atoms with E-state index >= 15 is 0 Å². The molecule has 2 aromatic rings. The van der Waals surface area contributed by atoms with Gasteiger partial charge in [0.15, 0.2) is 0 Å². The Morgan fingerprint density at radius 2 is 2.19 bits per heavy atom. The van der Waals surface area contributed by atoms with Gasteiger partial charge in [-0.2, -0.15) is 0 Å². The average molecular weight is 233 g/mol. The fourth-order valence-electron chi connectivity index (χ4n) is 1.63. The fraction of sp³-hybridized carbons (Fsp3) is 0.231. The third-order valence-electron chi connectivity index (χ3n) is 2.43. The highest BCUT2D eigenvalue weighted by Crippen LogP contribution is 2.23. The van der Waals surface area contributed by atoms with Crippen LogP contribution in [0.15, 0.2) is 41.8 Å². The summed E-state index contributed by atoms with van der Waals surface area (Å²) in [6.07, 6.45) is 0. The molecule has 0 saturated carbocycles. The molecule has 0 amide bonds. The van der Waals surface area contributed by atoms with Crippen molar-refractivity contribution in [3.8, 4) is 0 Å². The minimum absolute atomic E-state index is 0.0122. The van der Waals surface area contributed by atoms with Crippen molar-refractivity contribution in [2.75, 3.05) is 11.9 Å². The third-order valence-corrected chi connectivity index (χ3v) is 3.41. The second-order valence-electron chi connectivity index (χ2n) is 3.76. The average Bonchev–Trinajstić information content (AvgIpc) is 2.79. The number of hydrogen-bond donors (Lipinski definition) is 2. The highest BCUT2D eigenvalue weighted by molar-refractivity contribution is 7.10. The van der Waals surface area contributed by atoms with Crippen LogP contribution < -0.4 is 5.32 Å². The Morgan fingerprint density at radius 1 is 1.31 bits per heavy atom. The number of rotatable bonds is 4. The number of aliphatic hydroxyl groups excluding tert-OH is 1. The van der Waals surface area contributed by atoms with Crippen molar-refractivity contribution >= 4 is 17.0 Å². The smallest absolute Gasteiger partial charge is 0.0837 e. The molecule has 0 bridgehead atoms. The van der Waals surface area contributed by atoms with E-state index in [2.05, 4.69) is 24.4 Å². The topological polar surface area (TPSA) is 32.3 Å². The summed E-state index contributed by atoms with van der Waals surface area (Å²) in [5.41, 5.74) is 2.26. The minimum Gasteiger partial charge on any atom is -0.394 e. The van der Waals surface area contributed by atoms with E-state index in [-0.39, 0.29) is 12.6 Å². The Hall–Kier alpha value is -1.32. The van der Waals surface area contributed by atoms with E-state index in [4.69, 9.17) is 0 Å². The van der Waals surface area contributed by atoms with Crippen molar-refractivity contribution in [2.24, 2.45) is 0 Å². The molecule has 2 nitrogen and oxygen atoms in total. The van der Waals surface area contributed by atoms with Crippen LogP contribution in [0.4, 0.5) is 5.69 Å². The van der Waals surface area contributed by atoms with Crippen LogP contribution in [-0.2, 0) is 0 Å². The van der Waals surface area contributed by atoms with Crippen LogP contribution in [0.2, 0.25) is 0 Å². The van der Waals surface area contributed by atoms with Crippen LogP contribution in [0.5, 0.6) is 0 Å². The Labute approximate surface area is 99.6 Å². The maximum absolute atomic E-state index is 9.37. The molecule has 1 atom stereocenters. The number of nitrogens with one attached hydrogen (secondary N) is 1. The summed E-state index contributed by atoms with van der Waals surface area (Å²) >= 11 is 1.66. The summed E-state index contributed by atoms with van der Waals surface area (Å²) in [6.45, 7) is 2.17. The Balaban J connectivity index is 2.13. The maximum atomic E-state index is 9.37. The van der Waals surface area contributed by atoms with Gasteiger partial charge in [0.05, 0.1) is 12.6 Å². The van der Waals surface area contributed by atoms with Crippen LogP contribution in [0.25, 0.3) is 0 Å². The lowest BCUT2D eigenvalue weighted by Crippen LogP contribution is -2.13. The number of benzene rings is 1. The second kappa shape index (κ2) is 5.14. The van der Waals surface area contributed by atoms with Gasteiger partial charge in [-0.25, -0.2) is 0 Å². The number of anilines is 1. The molecule has 2 N–H and O–H groups in total. The number of aryl methyl sites for hydroxylation is 1. The molecule has 1 aromatic carbocycles. The molecule has 1 heterocycles. The molecule has 16 heavy (non-hydrogen) atoms. The van der Waals surface area contributed by atoms with Gasteiger partial charge < -0.3 is 10.4 Å². The lowest BCUT2D eigenvalue weighted by atomic mass is 10.2. The normalized spacial score (nSPS) is 12.4. The van der Waals surface area contributed by atoms with Crippen molar-refractivity contribution < 1.29 is 5.11 Å². The quantitative estimate of drug-likeness (QED) is 0.850.